The van der Waals surface area contributed by atoms with Gasteiger partial charge in [0.2, 0.25) is 5.91 Å². The molecule has 1 saturated heterocycles. The van der Waals surface area contributed by atoms with Gasteiger partial charge >= 0.3 is 5.97 Å². The second-order valence-corrected chi connectivity index (χ2v) is 12.7. The van der Waals surface area contributed by atoms with E-state index in [2.05, 4.69) is 0 Å². The van der Waals surface area contributed by atoms with Crippen LogP contribution in [0.15, 0.2) is 12.1 Å². The lowest BCUT2D eigenvalue weighted by Crippen LogP contribution is -2.37. The fraction of sp³-hybridized carbons (Fsp3) is 0.515. The number of hydrogen-bond donors (Lipinski definition) is 1. The van der Waals surface area contributed by atoms with E-state index in [1.165, 1.54) is 13.0 Å². The summed E-state index contributed by atoms with van der Waals surface area (Å²) in [5.74, 6) is -1.74. The Kier molecular flexibility index (Phi) is 8.45. The molecule has 236 valence electrons. The van der Waals surface area contributed by atoms with Crippen LogP contribution in [-0.4, -0.2) is 80.6 Å². The van der Waals surface area contributed by atoms with E-state index in [9.17, 15) is 19.5 Å². The first-order chi connectivity index (χ1) is 20.7. The molecule has 3 aromatic rings. The van der Waals surface area contributed by atoms with Crippen LogP contribution >= 0.6 is 0 Å². The predicted molar refractivity (Wildman–Crippen MR) is 163 cm³/mol. The van der Waals surface area contributed by atoms with Crippen molar-refractivity contribution in [1.82, 2.24) is 19.4 Å². The standard InChI is InChI=1S/C33H41FN4O6/c1-18-21-10-8-15-43-28(21)24(34)16-22(18)27-23-17-25(31(40)38-12-9-11-37(13-14-38)20(3)39)36(7)30(23)35-19(2)26(27)29(32(41)42)44-33(4,5)6/h16-17,29H,8-15H2,1-7H3,(H,41,42)/t29-/m0/s1. The fourth-order valence-corrected chi connectivity index (χ4v) is 6.37. The van der Waals surface area contributed by atoms with Gasteiger partial charge in [-0.25, -0.2) is 14.2 Å². The Bertz CT molecular complexity index is 1660. The molecule has 2 aliphatic heterocycles. The van der Waals surface area contributed by atoms with Gasteiger partial charge in [0.05, 0.1) is 12.2 Å². The molecule has 2 aliphatic rings. The summed E-state index contributed by atoms with van der Waals surface area (Å²) in [5, 5.41) is 11.0. The number of halogens is 1. The third-order valence-corrected chi connectivity index (χ3v) is 8.51. The van der Waals surface area contributed by atoms with Gasteiger partial charge < -0.3 is 28.9 Å². The SMILES string of the molecule is CC(=O)N1CCCN(C(=O)c2cc3c(-c4cc(F)c5c(c4C)CCCO5)c([C@H](OC(C)(C)C)C(=O)O)c(C)nc3n2C)CC1. The molecule has 1 fully saturated rings. The van der Waals surface area contributed by atoms with Crippen LogP contribution in [0.2, 0.25) is 0 Å². The number of carboxylic acids is 1. The van der Waals surface area contributed by atoms with Crippen LogP contribution < -0.4 is 4.74 Å². The summed E-state index contributed by atoms with van der Waals surface area (Å²) in [5.41, 5.74) is 3.26. The molecular weight excluding hydrogens is 567 g/mol. The van der Waals surface area contributed by atoms with Crippen LogP contribution in [0.25, 0.3) is 22.2 Å². The summed E-state index contributed by atoms with van der Waals surface area (Å²) in [6.07, 6.45) is 0.613. The maximum absolute atomic E-state index is 15.7. The Morgan fingerprint density at radius 1 is 1.07 bits per heavy atom. The van der Waals surface area contributed by atoms with Crippen molar-refractivity contribution >= 4 is 28.8 Å². The maximum atomic E-state index is 15.7. The van der Waals surface area contributed by atoms with Gasteiger partial charge in [0.1, 0.15) is 11.3 Å². The number of rotatable bonds is 5. The average molecular weight is 609 g/mol. The number of hydrogen-bond acceptors (Lipinski definition) is 6. The van der Waals surface area contributed by atoms with Crippen molar-refractivity contribution in [2.75, 3.05) is 32.8 Å². The number of carbonyl (C=O) groups is 3. The fourth-order valence-electron chi connectivity index (χ4n) is 6.37. The number of carbonyl (C=O) groups excluding carboxylic acids is 2. The first-order valence-electron chi connectivity index (χ1n) is 15.1. The molecule has 10 nitrogen and oxygen atoms in total. The van der Waals surface area contributed by atoms with Crippen molar-refractivity contribution in [2.24, 2.45) is 7.05 Å². The Hall–Kier alpha value is -3.99. The van der Waals surface area contributed by atoms with E-state index in [0.717, 1.165) is 17.5 Å². The van der Waals surface area contributed by atoms with E-state index in [0.29, 0.717) is 84.7 Å². The molecule has 0 aliphatic carbocycles. The molecule has 4 heterocycles. The zero-order valence-electron chi connectivity index (χ0n) is 26.5. The zero-order chi connectivity index (χ0) is 32.1. The lowest BCUT2D eigenvalue weighted by Gasteiger charge is -2.29. The first-order valence-corrected chi connectivity index (χ1v) is 15.1. The highest BCUT2D eigenvalue weighted by atomic mass is 19.1. The minimum Gasteiger partial charge on any atom is -0.490 e. The van der Waals surface area contributed by atoms with Gasteiger partial charge in [0.15, 0.2) is 17.7 Å². The van der Waals surface area contributed by atoms with E-state index < -0.39 is 23.5 Å². The summed E-state index contributed by atoms with van der Waals surface area (Å²) in [6.45, 7) is 12.8. The molecule has 0 saturated carbocycles. The monoisotopic (exact) mass is 608 g/mol. The average Bonchev–Trinajstić information content (AvgIpc) is 3.11. The Labute approximate surface area is 256 Å². The summed E-state index contributed by atoms with van der Waals surface area (Å²) in [6, 6.07) is 3.12. The van der Waals surface area contributed by atoms with Crippen LogP contribution in [0.3, 0.4) is 0 Å². The second-order valence-electron chi connectivity index (χ2n) is 12.7. The molecule has 0 bridgehead atoms. The summed E-state index contributed by atoms with van der Waals surface area (Å²) in [7, 11) is 1.75. The Morgan fingerprint density at radius 2 is 1.75 bits per heavy atom. The van der Waals surface area contributed by atoms with E-state index in [1.807, 2.05) is 6.92 Å². The number of pyridine rings is 1. The van der Waals surface area contributed by atoms with Crippen LogP contribution in [0.1, 0.15) is 79.5 Å². The van der Waals surface area contributed by atoms with E-state index >= 15 is 4.39 Å². The molecule has 0 unspecified atom stereocenters. The highest BCUT2D eigenvalue weighted by Crippen LogP contribution is 2.45. The minimum absolute atomic E-state index is 0.0238. The van der Waals surface area contributed by atoms with Crippen molar-refractivity contribution in [3.05, 3.63) is 46.0 Å². The van der Waals surface area contributed by atoms with Crippen LogP contribution in [0.5, 0.6) is 5.75 Å². The van der Waals surface area contributed by atoms with E-state index in [4.69, 9.17) is 14.5 Å². The molecule has 0 spiro atoms. The minimum atomic E-state index is -1.40. The normalized spacial score (nSPS) is 16.4. The van der Waals surface area contributed by atoms with E-state index in [1.54, 1.807) is 55.2 Å². The predicted octanol–water partition coefficient (Wildman–Crippen LogP) is 4.96. The number of amides is 2. The van der Waals surface area contributed by atoms with Gasteiger partial charge in [0.25, 0.3) is 5.91 Å². The number of fused-ring (bicyclic) bond motifs is 2. The van der Waals surface area contributed by atoms with Gasteiger partial charge in [-0.3, -0.25) is 9.59 Å². The molecule has 1 N–H and O–H groups in total. The van der Waals surface area contributed by atoms with Crippen LogP contribution in [0, 0.1) is 19.7 Å². The topological polar surface area (TPSA) is 114 Å². The first kappa shape index (κ1) is 31.4. The molecular formula is C33H41FN4O6. The molecule has 44 heavy (non-hydrogen) atoms. The van der Waals surface area contributed by atoms with E-state index in [-0.39, 0.29) is 17.6 Å². The maximum Gasteiger partial charge on any atom is 0.337 e. The van der Waals surface area contributed by atoms with Crippen molar-refractivity contribution < 1.29 is 33.4 Å². The van der Waals surface area contributed by atoms with Gasteiger partial charge in [0, 0.05) is 67.9 Å². The number of aromatic nitrogens is 2. The number of aryl methyl sites for hydroxylation is 2. The number of ether oxygens (including phenoxy) is 2. The molecule has 2 aromatic heterocycles. The van der Waals surface area contributed by atoms with Gasteiger partial charge in [-0.2, -0.15) is 0 Å². The number of nitrogens with zero attached hydrogens (tertiary/aromatic N) is 4. The number of benzene rings is 1. The van der Waals surface area contributed by atoms with Gasteiger partial charge in [-0.1, -0.05) is 0 Å². The van der Waals surface area contributed by atoms with Crippen LogP contribution in [-0.2, 0) is 27.8 Å². The lowest BCUT2D eigenvalue weighted by atomic mass is 9.86. The van der Waals surface area contributed by atoms with Crippen molar-refractivity contribution in [3.63, 3.8) is 0 Å². The molecule has 0 radical (unpaired) electrons. The molecule has 1 aromatic carbocycles. The highest BCUT2D eigenvalue weighted by molar-refractivity contribution is 6.04. The quantitative estimate of drug-likeness (QED) is 0.436. The molecule has 2 amide bonds. The largest absolute Gasteiger partial charge is 0.490 e. The van der Waals surface area contributed by atoms with Crippen molar-refractivity contribution in [3.8, 4) is 16.9 Å². The van der Waals surface area contributed by atoms with Crippen molar-refractivity contribution in [1.29, 1.82) is 0 Å². The zero-order valence-corrected chi connectivity index (χ0v) is 26.5. The summed E-state index contributed by atoms with van der Waals surface area (Å²) in [4.78, 5) is 47.0. The van der Waals surface area contributed by atoms with Crippen LogP contribution in [0.4, 0.5) is 4.39 Å². The Balaban J connectivity index is 1.76. The third kappa shape index (κ3) is 5.77. The summed E-state index contributed by atoms with van der Waals surface area (Å²) >= 11 is 0. The summed E-state index contributed by atoms with van der Waals surface area (Å²) < 4.78 is 29.2. The molecule has 11 heteroatoms. The highest BCUT2D eigenvalue weighted by Gasteiger charge is 2.35. The smallest absolute Gasteiger partial charge is 0.337 e. The molecule has 1 atom stereocenters. The third-order valence-electron chi connectivity index (χ3n) is 8.51. The van der Waals surface area contributed by atoms with Crippen molar-refractivity contribution in [2.45, 2.75) is 72.5 Å². The lowest BCUT2D eigenvalue weighted by molar-refractivity contribution is -0.160. The Morgan fingerprint density at radius 3 is 2.41 bits per heavy atom. The second kappa shape index (κ2) is 11.8. The van der Waals surface area contributed by atoms with Gasteiger partial charge in [-0.15, -0.1) is 0 Å². The molecule has 5 rings (SSSR count). The van der Waals surface area contributed by atoms with Gasteiger partial charge in [-0.05, 0) is 77.1 Å². The number of aliphatic carboxylic acids is 1. The number of carboxylic acid groups (broad SMARTS) is 1.